The van der Waals surface area contributed by atoms with Gasteiger partial charge in [-0.3, -0.25) is 14.5 Å². The Kier molecular flexibility index (Phi) is 8.42. The van der Waals surface area contributed by atoms with Gasteiger partial charge in [0.1, 0.15) is 12.1 Å². The normalized spacial score (nSPS) is 27.4. The average molecular weight is 314 g/mol. The first-order valence-electron chi connectivity index (χ1n) is 8.42. The van der Waals surface area contributed by atoms with Crippen molar-refractivity contribution in [3.8, 4) is 0 Å². The highest BCUT2D eigenvalue weighted by atomic mass is 16.4. The molecular weight excluding hydrogens is 284 g/mol. The SMILES string of the molecule is CCC(C)N1CCCC[C@@H]1C(=O)O.O=C(O)[C@H]1CCCCN1. The molecule has 0 radical (unpaired) electrons. The van der Waals surface area contributed by atoms with Crippen LogP contribution in [0.5, 0.6) is 0 Å². The van der Waals surface area contributed by atoms with E-state index < -0.39 is 11.9 Å². The fourth-order valence-electron chi connectivity index (χ4n) is 3.04. The summed E-state index contributed by atoms with van der Waals surface area (Å²) >= 11 is 0. The number of carboxylic acid groups (broad SMARTS) is 2. The molecule has 2 saturated heterocycles. The molecule has 6 heteroatoms. The second-order valence-corrected chi connectivity index (χ2v) is 6.19. The highest BCUT2D eigenvalue weighted by molar-refractivity contribution is 5.73. The minimum atomic E-state index is -0.713. The molecule has 0 aromatic rings. The lowest BCUT2D eigenvalue weighted by Gasteiger charge is -2.37. The molecule has 0 aromatic heterocycles. The summed E-state index contributed by atoms with van der Waals surface area (Å²) in [5, 5.41) is 20.4. The molecule has 128 valence electrons. The molecule has 0 bridgehead atoms. The van der Waals surface area contributed by atoms with Crippen molar-refractivity contribution in [3.05, 3.63) is 0 Å². The fraction of sp³-hybridized carbons (Fsp3) is 0.875. The van der Waals surface area contributed by atoms with Crippen LogP contribution in [0, 0.1) is 0 Å². The monoisotopic (exact) mass is 314 g/mol. The maximum atomic E-state index is 10.9. The Bertz CT molecular complexity index is 356. The Morgan fingerprint density at radius 1 is 1.14 bits per heavy atom. The van der Waals surface area contributed by atoms with E-state index in [1.165, 1.54) is 0 Å². The minimum absolute atomic E-state index is 0.233. The molecule has 2 heterocycles. The van der Waals surface area contributed by atoms with Crippen molar-refractivity contribution in [2.24, 2.45) is 0 Å². The van der Waals surface area contributed by atoms with Crippen LogP contribution in [0.15, 0.2) is 0 Å². The van der Waals surface area contributed by atoms with Gasteiger partial charge in [-0.2, -0.15) is 0 Å². The van der Waals surface area contributed by atoms with E-state index in [-0.39, 0.29) is 12.1 Å². The number of nitrogens with zero attached hydrogens (tertiary/aromatic N) is 1. The van der Waals surface area contributed by atoms with Crippen LogP contribution >= 0.6 is 0 Å². The van der Waals surface area contributed by atoms with Gasteiger partial charge in [0.15, 0.2) is 0 Å². The number of rotatable bonds is 4. The second kappa shape index (κ2) is 9.79. The van der Waals surface area contributed by atoms with E-state index in [0.717, 1.165) is 58.0 Å². The summed E-state index contributed by atoms with van der Waals surface area (Å²) in [5.74, 6) is -1.37. The number of hydrogen-bond acceptors (Lipinski definition) is 4. The summed E-state index contributed by atoms with van der Waals surface area (Å²) in [6, 6.07) is -0.108. The Hall–Kier alpha value is -1.14. The molecule has 0 aromatic carbocycles. The Balaban J connectivity index is 0.000000235. The van der Waals surface area contributed by atoms with Crippen molar-refractivity contribution < 1.29 is 19.8 Å². The quantitative estimate of drug-likeness (QED) is 0.735. The average Bonchev–Trinajstić information content (AvgIpc) is 2.55. The van der Waals surface area contributed by atoms with Gasteiger partial charge < -0.3 is 15.5 Å². The van der Waals surface area contributed by atoms with E-state index in [0.29, 0.717) is 6.04 Å². The Morgan fingerprint density at radius 3 is 2.27 bits per heavy atom. The third-order valence-electron chi connectivity index (χ3n) is 4.59. The van der Waals surface area contributed by atoms with Crippen LogP contribution in [-0.4, -0.2) is 58.3 Å². The highest BCUT2D eigenvalue weighted by Crippen LogP contribution is 2.20. The van der Waals surface area contributed by atoms with Crippen LogP contribution in [0.1, 0.15) is 58.8 Å². The summed E-state index contributed by atoms with van der Waals surface area (Å²) in [5.41, 5.74) is 0. The smallest absolute Gasteiger partial charge is 0.320 e. The van der Waals surface area contributed by atoms with Crippen LogP contribution < -0.4 is 5.32 Å². The molecule has 2 aliphatic rings. The van der Waals surface area contributed by atoms with E-state index in [1.54, 1.807) is 0 Å². The van der Waals surface area contributed by atoms with Crippen molar-refractivity contribution in [1.82, 2.24) is 10.2 Å². The van der Waals surface area contributed by atoms with Gasteiger partial charge in [-0.25, -0.2) is 0 Å². The van der Waals surface area contributed by atoms with Gasteiger partial charge in [0.25, 0.3) is 0 Å². The zero-order valence-electron chi connectivity index (χ0n) is 13.8. The van der Waals surface area contributed by atoms with Crippen LogP contribution in [0.2, 0.25) is 0 Å². The first kappa shape index (κ1) is 18.9. The topological polar surface area (TPSA) is 89.9 Å². The van der Waals surface area contributed by atoms with Crippen LogP contribution in [0.25, 0.3) is 0 Å². The van der Waals surface area contributed by atoms with Gasteiger partial charge in [-0.1, -0.05) is 19.8 Å². The predicted molar refractivity (Wildman–Crippen MR) is 85.0 cm³/mol. The maximum Gasteiger partial charge on any atom is 0.320 e. The van der Waals surface area contributed by atoms with Crippen molar-refractivity contribution >= 4 is 11.9 Å². The third-order valence-corrected chi connectivity index (χ3v) is 4.59. The molecule has 3 atom stereocenters. The van der Waals surface area contributed by atoms with Crippen LogP contribution in [-0.2, 0) is 9.59 Å². The first-order valence-corrected chi connectivity index (χ1v) is 8.42. The fourth-order valence-corrected chi connectivity index (χ4v) is 3.04. The molecule has 0 spiro atoms. The van der Waals surface area contributed by atoms with Crippen LogP contribution in [0.3, 0.4) is 0 Å². The summed E-state index contributed by atoms with van der Waals surface area (Å²) in [7, 11) is 0. The standard InChI is InChI=1S/C10H19NO2.C6H11NO2/c1-3-8(2)11-7-5-4-6-9(11)10(12)13;8-6(9)5-3-1-2-4-7-5/h8-9H,3-7H2,1-2H3,(H,12,13);5,7H,1-4H2,(H,8,9)/t8?,9-;5-/m11/s1. The van der Waals surface area contributed by atoms with Crippen molar-refractivity contribution in [2.75, 3.05) is 13.1 Å². The molecule has 6 nitrogen and oxygen atoms in total. The van der Waals surface area contributed by atoms with E-state index in [4.69, 9.17) is 10.2 Å². The van der Waals surface area contributed by atoms with Crippen LogP contribution in [0.4, 0.5) is 0 Å². The molecule has 22 heavy (non-hydrogen) atoms. The molecule has 1 unspecified atom stereocenters. The van der Waals surface area contributed by atoms with Gasteiger partial charge in [-0.15, -0.1) is 0 Å². The zero-order chi connectivity index (χ0) is 16.5. The lowest BCUT2D eigenvalue weighted by molar-refractivity contribution is -0.145. The number of carbonyl (C=O) groups is 2. The van der Waals surface area contributed by atoms with E-state index in [9.17, 15) is 9.59 Å². The lowest BCUT2D eigenvalue weighted by Crippen LogP contribution is -2.48. The second-order valence-electron chi connectivity index (χ2n) is 6.19. The minimum Gasteiger partial charge on any atom is -0.480 e. The number of carboxylic acids is 2. The molecule has 0 amide bonds. The number of likely N-dealkylation sites (tertiary alicyclic amines) is 1. The number of aliphatic carboxylic acids is 2. The molecule has 0 saturated carbocycles. The molecule has 2 rings (SSSR count). The highest BCUT2D eigenvalue weighted by Gasteiger charge is 2.30. The number of hydrogen-bond donors (Lipinski definition) is 3. The van der Waals surface area contributed by atoms with Gasteiger partial charge in [-0.05, 0) is 52.1 Å². The van der Waals surface area contributed by atoms with Crippen molar-refractivity contribution in [2.45, 2.75) is 76.9 Å². The van der Waals surface area contributed by atoms with E-state index in [2.05, 4.69) is 24.1 Å². The largest absolute Gasteiger partial charge is 0.480 e. The molecule has 3 N–H and O–H groups in total. The van der Waals surface area contributed by atoms with Gasteiger partial charge in [0, 0.05) is 6.04 Å². The van der Waals surface area contributed by atoms with E-state index >= 15 is 0 Å². The van der Waals surface area contributed by atoms with Gasteiger partial charge in [0.05, 0.1) is 0 Å². The number of piperidine rings is 2. The van der Waals surface area contributed by atoms with Crippen molar-refractivity contribution in [1.29, 1.82) is 0 Å². The van der Waals surface area contributed by atoms with Gasteiger partial charge >= 0.3 is 11.9 Å². The zero-order valence-corrected chi connectivity index (χ0v) is 13.8. The Labute approximate surface area is 132 Å². The number of nitrogens with one attached hydrogen (secondary N) is 1. The predicted octanol–water partition coefficient (Wildman–Crippen LogP) is 1.94. The summed E-state index contributed by atoms with van der Waals surface area (Å²) in [6.45, 7) is 6.03. The molecule has 2 fully saturated rings. The maximum absolute atomic E-state index is 10.9. The third kappa shape index (κ3) is 5.93. The Morgan fingerprint density at radius 2 is 1.82 bits per heavy atom. The molecular formula is C16H30N2O4. The lowest BCUT2D eigenvalue weighted by atomic mass is 9.99. The van der Waals surface area contributed by atoms with Crippen molar-refractivity contribution in [3.63, 3.8) is 0 Å². The first-order chi connectivity index (χ1) is 10.5. The summed E-state index contributed by atoms with van der Waals surface area (Å²) in [4.78, 5) is 23.4. The molecule has 2 aliphatic heterocycles. The molecule has 0 aliphatic carbocycles. The van der Waals surface area contributed by atoms with Gasteiger partial charge in [0.2, 0.25) is 0 Å². The summed E-state index contributed by atoms with van der Waals surface area (Å²) < 4.78 is 0. The van der Waals surface area contributed by atoms with E-state index in [1.807, 2.05) is 0 Å². The summed E-state index contributed by atoms with van der Waals surface area (Å²) in [6.07, 6.45) is 7.00.